The fourth-order valence-corrected chi connectivity index (χ4v) is 3.56. The number of pyridine rings is 1. The van der Waals surface area contributed by atoms with E-state index in [1.165, 1.54) is 0 Å². The summed E-state index contributed by atoms with van der Waals surface area (Å²) in [5.41, 5.74) is 1.14. The van der Waals surface area contributed by atoms with Crippen molar-refractivity contribution in [3.63, 3.8) is 0 Å². The molecule has 3 rings (SSSR count). The fourth-order valence-electron chi connectivity index (χ4n) is 2.91. The Hall–Kier alpha value is -2.15. The Kier molecular flexibility index (Phi) is 6.22. The molecule has 2 aromatic heterocycles. The van der Waals surface area contributed by atoms with Crippen LogP contribution >= 0.6 is 11.3 Å². The van der Waals surface area contributed by atoms with E-state index in [0.717, 1.165) is 68.2 Å². The average molecular weight is 359 g/mol. The van der Waals surface area contributed by atoms with Crippen LogP contribution < -0.4 is 10.2 Å². The van der Waals surface area contributed by atoms with Gasteiger partial charge < -0.3 is 15.1 Å². The normalized spacial score (nSPS) is 15.5. The molecule has 1 aliphatic rings. The maximum Gasteiger partial charge on any atom is 0.194 e. The molecule has 0 radical (unpaired) electrons. The maximum absolute atomic E-state index is 4.80. The van der Waals surface area contributed by atoms with Crippen LogP contribution in [0.25, 0.3) is 0 Å². The zero-order chi connectivity index (χ0) is 17.5. The van der Waals surface area contributed by atoms with Gasteiger partial charge in [0.2, 0.25) is 0 Å². The predicted octanol–water partition coefficient (Wildman–Crippen LogP) is 2.18. The minimum absolute atomic E-state index is 0.770. The van der Waals surface area contributed by atoms with Crippen LogP contribution in [-0.4, -0.2) is 60.1 Å². The Morgan fingerprint density at radius 3 is 2.76 bits per heavy atom. The molecule has 0 amide bonds. The van der Waals surface area contributed by atoms with Gasteiger partial charge in [-0.1, -0.05) is 6.07 Å². The maximum atomic E-state index is 4.80. The summed E-state index contributed by atoms with van der Waals surface area (Å²) in [6, 6.07) is 6.07. The quantitative estimate of drug-likeness (QED) is 0.656. The Morgan fingerprint density at radius 2 is 2.12 bits per heavy atom. The number of piperazine rings is 1. The molecule has 134 valence electrons. The van der Waals surface area contributed by atoms with Gasteiger partial charge in [-0.2, -0.15) is 0 Å². The van der Waals surface area contributed by atoms with Crippen LogP contribution in [0.1, 0.15) is 17.6 Å². The van der Waals surface area contributed by atoms with E-state index in [0.29, 0.717) is 0 Å². The summed E-state index contributed by atoms with van der Waals surface area (Å²) in [7, 11) is 0. The lowest BCUT2D eigenvalue weighted by Crippen LogP contribution is -2.52. The summed E-state index contributed by atoms with van der Waals surface area (Å²) >= 11 is 1.70. The summed E-state index contributed by atoms with van der Waals surface area (Å²) in [5.74, 6) is 2.07. The summed E-state index contributed by atoms with van der Waals surface area (Å²) in [4.78, 5) is 18.4. The Morgan fingerprint density at radius 1 is 1.28 bits per heavy atom. The molecule has 0 aliphatic carbocycles. The highest BCUT2D eigenvalue weighted by Crippen LogP contribution is 2.13. The van der Waals surface area contributed by atoms with Crippen molar-refractivity contribution >= 4 is 23.1 Å². The van der Waals surface area contributed by atoms with Gasteiger partial charge in [0.25, 0.3) is 0 Å². The second-order valence-corrected chi connectivity index (χ2v) is 7.07. The first-order valence-corrected chi connectivity index (χ1v) is 9.74. The van der Waals surface area contributed by atoms with E-state index >= 15 is 0 Å². The van der Waals surface area contributed by atoms with Gasteiger partial charge in [-0.25, -0.2) is 9.97 Å². The molecule has 25 heavy (non-hydrogen) atoms. The summed E-state index contributed by atoms with van der Waals surface area (Å²) < 4.78 is 0. The first kappa shape index (κ1) is 17.7. The molecule has 0 aromatic carbocycles. The van der Waals surface area contributed by atoms with E-state index < -0.39 is 0 Å². The molecular formula is C18H26N6S. The third kappa shape index (κ3) is 4.92. The van der Waals surface area contributed by atoms with Crippen molar-refractivity contribution in [2.75, 3.05) is 44.2 Å². The Balaban J connectivity index is 1.55. The number of guanidine groups is 1. The van der Waals surface area contributed by atoms with Crippen LogP contribution in [0, 0.1) is 6.92 Å². The van der Waals surface area contributed by atoms with Crippen LogP contribution in [-0.2, 0) is 6.42 Å². The zero-order valence-electron chi connectivity index (χ0n) is 15.0. The number of hydrogen-bond acceptors (Lipinski definition) is 5. The summed E-state index contributed by atoms with van der Waals surface area (Å²) in [5, 5.41) is 6.67. The molecule has 1 saturated heterocycles. The van der Waals surface area contributed by atoms with Crippen LogP contribution in [0.3, 0.4) is 0 Å². The molecule has 1 aliphatic heterocycles. The molecule has 2 aromatic rings. The highest BCUT2D eigenvalue weighted by molar-refractivity contribution is 7.09. The Bertz CT molecular complexity index is 676. The van der Waals surface area contributed by atoms with Crippen molar-refractivity contribution < 1.29 is 0 Å². The second kappa shape index (κ2) is 8.80. The second-order valence-electron chi connectivity index (χ2n) is 6.01. The summed E-state index contributed by atoms with van der Waals surface area (Å²) in [6.07, 6.45) is 2.75. The number of nitrogens with one attached hydrogen (secondary N) is 1. The molecule has 7 heteroatoms. The van der Waals surface area contributed by atoms with Crippen molar-refractivity contribution in [1.29, 1.82) is 0 Å². The molecule has 6 nitrogen and oxygen atoms in total. The standard InChI is InChI=1S/C18H26N6S/c1-3-19-18(21-9-7-16-14-25-15(2)22-16)24-12-10-23(11-13-24)17-6-4-5-8-20-17/h4-6,8,14H,3,7,9-13H2,1-2H3,(H,19,21). The van der Waals surface area contributed by atoms with E-state index in [1.54, 1.807) is 11.3 Å². The minimum Gasteiger partial charge on any atom is -0.357 e. The van der Waals surface area contributed by atoms with E-state index in [-0.39, 0.29) is 0 Å². The van der Waals surface area contributed by atoms with Gasteiger partial charge in [0, 0.05) is 57.3 Å². The molecule has 3 heterocycles. The van der Waals surface area contributed by atoms with Gasteiger partial charge in [0.05, 0.1) is 10.7 Å². The monoisotopic (exact) mass is 358 g/mol. The zero-order valence-corrected chi connectivity index (χ0v) is 15.8. The van der Waals surface area contributed by atoms with Gasteiger partial charge in [-0.15, -0.1) is 11.3 Å². The number of aromatic nitrogens is 2. The van der Waals surface area contributed by atoms with Gasteiger partial charge in [0.1, 0.15) is 5.82 Å². The molecule has 0 spiro atoms. The average Bonchev–Trinajstić information content (AvgIpc) is 3.07. The van der Waals surface area contributed by atoms with Crippen molar-refractivity contribution in [3.05, 3.63) is 40.5 Å². The lowest BCUT2D eigenvalue weighted by Gasteiger charge is -2.37. The highest BCUT2D eigenvalue weighted by Gasteiger charge is 2.20. The third-order valence-electron chi connectivity index (χ3n) is 4.18. The molecule has 1 N–H and O–H groups in total. The molecule has 0 unspecified atom stereocenters. The number of rotatable bonds is 5. The number of hydrogen-bond donors (Lipinski definition) is 1. The first-order valence-electron chi connectivity index (χ1n) is 8.86. The molecule has 0 atom stereocenters. The third-order valence-corrected chi connectivity index (χ3v) is 5.01. The van der Waals surface area contributed by atoms with E-state index in [1.807, 2.05) is 25.3 Å². The van der Waals surface area contributed by atoms with Crippen molar-refractivity contribution in [2.24, 2.45) is 4.99 Å². The van der Waals surface area contributed by atoms with Crippen LogP contribution in [0.5, 0.6) is 0 Å². The van der Waals surface area contributed by atoms with Crippen molar-refractivity contribution in [3.8, 4) is 0 Å². The largest absolute Gasteiger partial charge is 0.357 e. The lowest BCUT2D eigenvalue weighted by molar-refractivity contribution is 0.371. The smallest absolute Gasteiger partial charge is 0.194 e. The number of aryl methyl sites for hydroxylation is 1. The van der Waals surface area contributed by atoms with E-state index in [2.05, 4.69) is 43.5 Å². The Labute approximate surface area is 153 Å². The minimum atomic E-state index is 0.770. The first-order chi connectivity index (χ1) is 12.3. The van der Waals surface area contributed by atoms with E-state index in [9.17, 15) is 0 Å². The lowest BCUT2D eigenvalue weighted by atomic mass is 10.3. The number of aliphatic imine (C=N–C) groups is 1. The van der Waals surface area contributed by atoms with Crippen LogP contribution in [0.2, 0.25) is 0 Å². The van der Waals surface area contributed by atoms with E-state index in [4.69, 9.17) is 4.99 Å². The van der Waals surface area contributed by atoms with Gasteiger partial charge in [0.15, 0.2) is 5.96 Å². The number of thiazole rings is 1. The van der Waals surface area contributed by atoms with Gasteiger partial charge in [-0.05, 0) is 26.0 Å². The molecule has 0 saturated carbocycles. The molecule has 0 bridgehead atoms. The highest BCUT2D eigenvalue weighted by atomic mass is 32.1. The van der Waals surface area contributed by atoms with Gasteiger partial charge >= 0.3 is 0 Å². The van der Waals surface area contributed by atoms with Crippen LogP contribution in [0.15, 0.2) is 34.8 Å². The van der Waals surface area contributed by atoms with Gasteiger partial charge in [-0.3, -0.25) is 4.99 Å². The number of nitrogens with zero attached hydrogens (tertiary/aromatic N) is 5. The predicted molar refractivity (Wildman–Crippen MR) is 105 cm³/mol. The topological polar surface area (TPSA) is 56.7 Å². The van der Waals surface area contributed by atoms with Crippen molar-refractivity contribution in [1.82, 2.24) is 20.2 Å². The number of anilines is 1. The molecule has 1 fully saturated rings. The SMILES string of the molecule is CCNC(=NCCc1csc(C)n1)N1CCN(c2ccccn2)CC1. The summed E-state index contributed by atoms with van der Waals surface area (Å²) in [6.45, 7) is 9.66. The molecular weight excluding hydrogens is 332 g/mol. The van der Waals surface area contributed by atoms with Crippen LogP contribution in [0.4, 0.5) is 5.82 Å². The fraction of sp³-hybridized carbons (Fsp3) is 0.500. The van der Waals surface area contributed by atoms with Crippen molar-refractivity contribution in [2.45, 2.75) is 20.3 Å².